The Morgan fingerprint density at radius 3 is 2.63 bits per heavy atom. The molecule has 5 nitrogen and oxygen atoms in total. The van der Waals surface area contributed by atoms with Gasteiger partial charge in [-0.15, -0.1) is 0 Å². The van der Waals surface area contributed by atoms with Gasteiger partial charge in [-0.25, -0.2) is 4.79 Å². The lowest BCUT2D eigenvalue weighted by Gasteiger charge is -2.09. The van der Waals surface area contributed by atoms with Crippen LogP contribution in [-0.4, -0.2) is 28.9 Å². The summed E-state index contributed by atoms with van der Waals surface area (Å²) >= 11 is 1.69. The van der Waals surface area contributed by atoms with E-state index in [0.717, 1.165) is 24.2 Å². The molecule has 0 spiro atoms. The molecule has 0 aliphatic heterocycles. The Morgan fingerprint density at radius 2 is 1.89 bits per heavy atom. The second kappa shape index (κ2) is 9.37. The highest BCUT2D eigenvalue weighted by Gasteiger charge is 2.13. The van der Waals surface area contributed by atoms with Crippen molar-refractivity contribution in [2.24, 2.45) is 0 Å². The van der Waals surface area contributed by atoms with Crippen molar-refractivity contribution in [1.29, 1.82) is 0 Å². The van der Waals surface area contributed by atoms with Crippen molar-refractivity contribution < 1.29 is 4.79 Å². The van der Waals surface area contributed by atoms with Crippen LogP contribution in [0.2, 0.25) is 0 Å². The molecular formula is C21H26N4OS. The summed E-state index contributed by atoms with van der Waals surface area (Å²) in [6.07, 6.45) is 1.90. The Kier molecular flexibility index (Phi) is 6.65. The first kappa shape index (κ1) is 19.2. The molecule has 3 rings (SSSR count). The first-order valence-corrected chi connectivity index (χ1v) is 10.2. The molecule has 27 heavy (non-hydrogen) atoms. The number of aryl methyl sites for hydroxylation is 2. The number of carbonyl (C=O) groups is 1. The third kappa shape index (κ3) is 5.20. The summed E-state index contributed by atoms with van der Waals surface area (Å²) in [6, 6.07) is 12.3. The third-order valence-electron chi connectivity index (χ3n) is 4.57. The fourth-order valence-corrected chi connectivity index (χ4v) is 3.86. The number of hydrogen-bond donors (Lipinski definition) is 2. The van der Waals surface area contributed by atoms with Crippen LogP contribution in [0.3, 0.4) is 0 Å². The van der Waals surface area contributed by atoms with Gasteiger partial charge < -0.3 is 10.6 Å². The maximum Gasteiger partial charge on any atom is 0.314 e. The van der Waals surface area contributed by atoms with E-state index in [0.29, 0.717) is 19.6 Å². The normalized spacial score (nSPS) is 10.7. The molecule has 3 aromatic rings. The lowest BCUT2D eigenvalue weighted by atomic mass is 10.1. The molecular weight excluding hydrogens is 356 g/mol. The molecule has 0 saturated carbocycles. The number of aromatic nitrogens is 2. The SMILES string of the molecule is Cc1nn(CCNC(=O)NCCCc2ccccc2)c(C)c1-c1ccsc1. The lowest BCUT2D eigenvalue weighted by Crippen LogP contribution is -2.38. The molecule has 0 fully saturated rings. The molecule has 142 valence electrons. The fourth-order valence-electron chi connectivity index (χ4n) is 3.22. The Hall–Kier alpha value is -2.60. The first-order valence-electron chi connectivity index (χ1n) is 9.27. The largest absolute Gasteiger partial charge is 0.338 e. The zero-order valence-corrected chi connectivity index (χ0v) is 16.7. The summed E-state index contributed by atoms with van der Waals surface area (Å²) < 4.78 is 1.97. The fraction of sp³-hybridized carbons (Fsp3) is 0.333. The van der Waals surface area contributed by atoms with Gasteiger partial charge in [-0.05, 0) is 54.6 Å². The minimum absolute atomic E-state index is 0.123. The van der Waals surface area contributed by atoms with E-state index in [1.54, 1.807) is 11.3 Å². The van der Waals surface area contributed by atoms with E-state index in [1.807, 2.05) is 29.8 Å². The number of amides is 2. The van der Waals surface area contributed by atoms with Gasteiger partial charge in [0.15, 0.2) is 0 Å². The standard InChI is InChI=1S/C21H26N4OS/c1-16-20(19-10-14-27-15-19)17(2)25(24-16)13-12-23-21(26)22-11-6-9-18-7-4-3-5-8-18/h3-5,7-8,10,14-15H,6,9,11-13H2,1-2H3,(H2,22,23,26). The maximum atomic E-state index is 11.9. The Bertz CT molecular complexity index is 856. The second-order valence-electron chi connectivity index (χ2n) is 6.55. The van der Waals surface area contributed by atoms with Crippen LogP contribution in [-0.2, 0) is 13.0 Å². The van der Waals surface area contributed by atoms with E-state index >= 15 is 0 Å². The van der Waals surface area contributed by atoms with Crippen LogP contribution in [0, 0.1) is 13.8 Å². The molecule has 2 amide bonds. The van der Waals surface area contributed by atoms with Crippen molar-refractivity contribution in [3.63, 3.8) is 0 Å². The highest BCUT2D eigenvalue weighted by molar-refractivity contribution is 7.08. The van der Waals surface area contributed by atoms with Crippen molar-refractivity contribution in [3.05, 3.63) is 64.1 Å². The van der Waals surface area contributed by atoms with E-state index in [-0.39, 0.29) is 6.03 Å². The Labute approximate surface area is 164 Å². The highest BCUT2D eigenvalue weighted by Crippen LogP contribution is 2.28. The molecule has 2 N–H and O–H groups in total. The number of carbonyl (C=O) groups excluding carboxylic acids is 1. The minimum atomic E-state index is -0.123. The average molecular weight is 383 g/mol. The minimum Gasteiger partial charge on any atom is -0.338 e. The molecule has 0 aliphatic rings. The summed E-state index contributed by atoms with van der Waals surface area (Å²) in [5.74, 6) is 0. The highest BCUT2D eigenvalue weighted by atomic mass is 32.1. The third-order valence-corrected chi connectivity index (χ3v) is 5.25. The molecule has 2 aromatic heterocycles. The van der Waals surface area contributed by atoms with Crippen molar-refractivity contribution in [2.75, 3.05) is 13.1 Å². The van der Waals surface area contributed by atoms with Gasteiger partial charge in [-0.2, -0.15) is 16.4 Å². The molecule has 1 aromatic carbocycles. The number of nitrogens with zero attached hydrogens (tertiary/aromatic N) is 2. The van der Waals surface area contributed by atoms with E-state index in [4.69, 9.17) is 0 Å². The molecule has 0 atom stereocenters. The first-order chi connectivity index (χ1) is 13.1. The van der Waals surface area contributed by atoms with Crippen LogP contribution in [0.5, 0.6) is 0 Å². The van der Waals surface area contributed by atoms with Gasteiger partial charge in [0.1, 0.15) is 0 Å². The number of nitrogens with one attached hydrogen (secondary N) is 2. The molecule has 0 aliphatic carbocycles. The molecule has 0 unspecified atom stereocenters. The molecule has 0 saturated heterocycles. The number of benzene rings is 1. The quantitative estimate of drug-likeness (QED) is 0.575. The number of urea groups is 1. The monoisotopic (exact) mass is 382 g/mol. The molecule has 0 radical (unpaired) electrons. The lowest BCUT2D eigenvalue weighted by molar-refractivity contribution is 0.240. The van der Waals surface area contributed by atoms with E-state index in [2.05, 4.69) is 51.6 Å². The van der Waals surface area contributed by atoms with Gasteiger partial charge >= 0.3 is 6.03 Å². The zero-order chi connectivity index (χ0) is 19.1. The van der Waals surface area contributed by atoms with Crippen LogP contribution in [0.15, 0.2) is 47.2 Å². The summed E-state index contributed by atoms with van der Waals surface area (Å²) in [7, 11) is 0. The van der Waals surface area contributed by atoms with Crippen molar-refractivity contribution >= 4 is 17.4 Å². The van der Waals surface area contributed by atoms with Crippen LogP contribution >= 0.6 is 11.3 Å². The number of rotatable bonds is 8. The van der Waals surface area contributed by atoms with E-state index in [9.17, 15) is 4.79 Å². The predicted molar refractivity (Wildman–Crippen MR) is 111 cm³/mol. The van der Waals surface area contributed by atoms with E-state index < -0.39 is 0 Å². The number of thiophene rings is 1. The van der Waals surface area contributed by atoms with Crippen LogP contribution in [0.25, 0.3) is 11.1 Å². The van der Waals surface area contributed by atoms with Gasteiger partial charge in [-0.3, -0.25) is 4.68 Å². The molecule has 0 bridgehead atoms. The Morgan fingerprint density at radius 1 is 1.11 bits per heavy atom. The van der Waals surface area contributed by atoms with Gasteiger partial charge in [0.05, 0.1) is 12.2 Å². The van der Waals surface area contributed by atoms with Crippen molar-refractivity contribution in [2.45, 2.75) is 33.2 Å². The van der Waals surface area contributed by atoms with Gasteiger partial charge in [0.2, 0.25) is 0 Å². The van der Waals surface area contributed by atoms with Crippen molar-refractivity contribution in [3.8, 4) is 11.1 Å². The topological polar surface area (TPSA) is 59.0 Å². The van der Waals surface area contributed by atoms with Crippen molar-refractivity contribution in [1.82, 2.24) is 20.4 Å². The summed E-state index contributed by atoms with van der Waals surface area (Å²) in [5, 5.41) is 14.7. The average Bonchev–Trinajstić information content (AvgIpc) is 3.28. The van der Waals surface area contributed by atoms with Crippen LogP contribution in [0.1, 0.15) is 23.4 Å². The van der Waals surface area contributed by atoms with Gasteiger partial charge in [0.25, 0.3) is 0 Å². The smallest absolute Gasteiger partial charge is 0.314 e. The van der Waals surface area contributed by atoms with Crippen LogP contribution < -0.4 is 10.6 Å². The predicted octanol–water partition coefficient (Wildman–Crippen LogP) is 4.16. The summed E-state index contributed by atoms with van der Waals surface area (Å²) in [6.45, 7) is 5.99. The van der Waals surface area contributed by atoms with E-state index in [1.165, 1.54) is 16.7 Å². The van der Waals surface area contributed by atoms with Gasteiger partial charge in [-0.1, -0.05) is 30.3 Å². The summed E-state index contributed by atoms with van der Waals surface area (Å²) in [4.78, 5) is 11.9. The maximum absolute atomic E-state index is 11.9. The second-order valence-corrected chi connectivity index (χ2v) is 7.33. The summed E-state index contributed by atoms with van der Waals surface area (Å²) in [5.41, 5.74) is 5.87. The Balaban J connectivity index is 1.39. The molecule has 6 heteroatoms. The zero-order valence-electron chi connectivity index (χ0n) is 15.9. The van der Waals surface area contributed by atoms with Crippen LogP contribution in [0.4, 0.5) is 4.79 Å². The molecule has 2 heterocycles. The number of hydrogen-bond acceptors (Lipinski definition) is 3. The van der Waals surface area contributed by atoms with Gasteiger partial charge in [0, 0.05) is 24.3 Å².